The SMILES string of the molecule is CNc1nc(Oc2ccc(C#N)cc2OC)c(Cl)cc1Cl. The molecule has 0 fully saturated rings. The molecule has 2 aromatic rings. The first-order chi connectivity index (χ1) is 10.1. The largest absolute Gasteiger partial charge is 0.493 e. The molecule has 5 nitrogen and oxygen atoms in total. The topological polar surface area (TPSA) is 67.2 Å². The van der Waals surface area contributed by atoms with Crippen molar-refractivity contribution >= 4 is 29.0 Å². The third-order valence-corrected chi connectivity index (χ3v) is 3.19. The molecule has 1 heterocycles. The van der Waals surface area contributed by atoms with Crippen LogP contribution in [0.5, 0.6) is 17.4 Å². The summed E-state index contributed by atoms with van der Waals surface area (Å²) in [7, 11) is 3.17. The van der Waals surface area contributed by atoms with Crippen molar-refractivity contribution in [1.29, 1.82) is 5.26 Å². The Labute approximate surface area is 132 Å². The molecule has 0 saturated heterocycles. The van der Waals surface area contributed by atoms with Crippen molar-refractivity contribution in [2.45, 2.75) is 0 Å². The minimum absolute atomic E-state index is 0.188. The zero-order chi connectivity index (χ0) is 15.4. The minimum atomic E-state index is 0.188. The second-order valence-electron chi connectivity index (χ2n) is 3.94. The number of hydrogen-bond acceptors (Lipinski definition) is 5. The van der Waals surface area contributed by atoms with Crippen LogP contribution in [0.1, 0.15) is 5.56 Å². The number of nitriles is 1. The monoisotopic (exact) mass is 323 g/mol. The first kappa shape index (κ1) is 15.2. The van der Waals surface area contributed by atoms with Crippen LogP contribution in [0, 0.1) is 11.3 Å². The standard InChI is InChI=1S/C14H11Cl2N3O2/c1-18-13-9(15)6-10(16)14(19-13)21-11-4-3-8(7-17)5-12(11)20-2/h3-6H,1-2H3,(H,18,19). The van der Waals surface area contributed by atoms with E-state index >= 15 is 0 Å². The molecule has 0 amide bonds. The van der Waals surface area contributed by atoms with Crippen molar-refractivity contribution in [2.24, 2.45) is 0 Å². The lowest BCUT2D eigenvalue weighted by Gasteiger charge is -2.12. The molecule has 0 unspecified atom stereocenters. The first-order valence-electron chi connectivity index (χ1n) is 5.88. The molecule has 0 radical (unpaired) electrons. The van der Waals surface area contributed by atoms with Crippen molar-refractivity contribution in [2.75, 3.05) is 19.5 Å². The summed E-state index contributed by atoms with van der Waals surface area (Å²) in [4.78, 5) is 4.19. The third-order valence-electron chi connectivity index (χ3n) is 2.63. The van der Waals surface area contributed by atoms with Gasteiger partial charge in [-0.15, -0.1) is 0 Å². The van der Waals surface area contributed by atoms with E-state index in [0.717, 1.165) is 0 Å². The highest BCUT2D eigenvalue weighted by atomic mass is 35.5. The molecule has 0 aliphatic carbocycles. The summed E-state index contributed by atoms with van der Waals surface area (Å²) in [6.07, 6.45) is 0. The van der Waals surface area contributed by atoms with Crippen LogP contribution in [0.2, 0.25) is 10.0 Å². The lowest BCUT2D eigenvalue weighted by Crippen LogP contribution is -1.98. The third kappa shape index (κ3) is 3.30. The summed E-state index contributed by atoms with van der Waals surface area (Å²) in [5, 5.41) is 12.4. The van der Waals surface area contributed by atoms with Crippen LogP contribution in [0.3, 0.4) is 0 Å². The maximum absolute atomic E-state index is 8.88. The highest BCUT2D eigenvalue weighted by Gasteiger charge is 2.13. The van der Waals surface area contributed by atoms with Gasteiger partial charge in [-0.25, -0.2) is 0 Å². The van der Waals surface area contributed by atoms with E-state index in [0.29, 0.717) is 27.9 Å². The van der Waals surface area contributed by atoms with Crippen LogP contribution in [-0.2, 0) is 0 Å². The van der Waals surface area contributed by atoms with E-state index in [4.69, 9.17) is 37.9 Å². The van der Waals surface area contributed by atoms with E-state index in [-0.39, 0.29) is 10.9 Å². The molecular formula is C14H11Cl2N3O2. The fraction of sp³-hybridized carbons (Fsp3) is 0.143. The number of hydrogen-bond donors (Lipinski definition) is 1. The maximum Gasteiger partial charge on any atom is 0.240 e. The van der Waals surface area contributed by atoms with Gasteiger partial charge in [-0.2, -0.15) is 10.2 Å². The highest BCUT2D eigenvalue weighted by molar-refractivity contribution is 6.36. The van der Waals surface area contributed by atoms with Crippen LogP contribution >= 0.6 is 23.2 Å². The van der Waals surface area contributed by atoms with E-state index in [2.05, 4.69) is 10.3 Å². The second-order valence-corrected chi connectivity index (χ2v) is 4.75. The molecule has 0 spiro atoms. The summed E-state index contributed by atoms with van der Waals surface area (Å²) >= 11 is 12.0. The first-order valence-corrected chi connectivity index (χ1v) is 6.64. The van der Waals surface area contributed by atoms with Crippen molar-refractivity contribution in [3.63, 3.8) is 0 Å². The number of nitrogens with one attached hydrogen (secondary N) is 1. The quantitative estimate of drug-likeness (QED) is 0.917. The van der Waals surface area contributed by atoms with Gasteiger partial charge in [0.1, 0.15) is 10.8 Å². The molecule has 108 valence electrons. The minimum Gasteiger partial charge on any atom is -0.493 e. The van der Waals surface area contributed by atoms with Gasteiger partial charge in [0, 0.05) is 13.1 Å². The molecule has 1 aromatic heterocycles. The van der Waals surface area contributed by atoms with E-state index < -0.39 is 0 Å². The van der Waals surface area contributed by atoms with Gasteiger partial charge in [-0.3, -0.25) is 0 Å². The molecule has 0 aliphatic heterocycles. The Hall–Kier alpha value is -2.16. The van der Waals surface area contributed by atoms with Gasteiger partial charge in [0.15, 0.2) is 11.5 Å². The Balaban J connectivity index is 2.41. The van der Waals surface area contributed by atoms with Gasteiger partial charge in [0.05, 0.1) is 23.8 Å². The Morgan fingerprint density at radius 3 is 2.57 bits per heavy atom. The van der Waals surface area contributed by atoms with E-state index in [1.54, 1.807) is 25.2 Å². The number of nitrogens with zero attached hydrogens (tertiary/aromatic N) is 2. The molecule has 0 bridgehead atoms. The zero-order valence-electron chi connectivity index (χ0n) is 11.3. The number of ether oxygens (including phenoxy) is 2. The van der Waals surface area contributed by atoms with Crippen LogP contribution in [0.15, 0.2) is 24.3 Å². The summed E-state index contributed by atoms with van der Waals surface area (Å²) in [6.45, 7) is 0. The number of rotatable bonds is 4. The summed E-state index contributed by atoms with van der Waals surface area (Å²) in [6, 6.07) is 8.35. The number of benzene rings is 1. The molecular weight excluding hydrogens is 313 g/mol. The normalized spacial score (nSPS) is 9.86. The average Bonchev–Trinajstić information content (AvgIpc) is 2.50. The number of anilines is 1. The van der Waals surface area contributed by atoms with Crippen LogP contribution in [-0.4, -0.2) is 19.1 Å². The fourth-order valence-corrected chi connectivity index (χ4v) is 2.11. The second kappa shape index (κ2) is 6.53. The van der Waals surface area contributed by atoms with Crippen LogP contribution in [0.4, 0.5) is 5.82 Å². The molecule has 1 N–H and O–H groups in total. The van der Waals surface area contributed by atoms with Crippen LogP contribution in [0.25, 0.3) is 0 Å². The van der Waals surface area contributed by atoms with Crippen molar-refractivity contribution in [3.8, 4) is 23.4 Å². The van der Waals surface area contributed by atoms with Gasteiger partial charge in [0.2, 0.25) is 5.88 Å². The summed E-state index contributed by atoms with van der Waals surface area (Å²) in [5.74, 6) is 1.44. The maximum atomic E-state index is 8.88. The van der Waals surface area contributed by atoms with Crippen LogP contribution < -0.4 is 14.8 Å². The van der Waals surface area contributed by atoms with Gasteiger partial charge < -0.3 is 14.8 Å². The number of methoxy groups -OCH3 is 1. The van der Waals surface area contributed by atoms with E-state index in [1.807, 2.05) is 6.07 Å². The number of pyridine rings is 1. The number of halogens is 2. The summed E-state index contributed by atoms with van der Waals surface area (Å²) in [5.41, 5.74) is 0.463. The molecule has 0 atom stereocenters. The van der Waals surface area contributed by atoms with Crippen molar-refractivity contribution in [1.82, 2.24) is 4.98 Å². The average molecular weight is 324 g/mol. The smallest absolute Gasteiger partial charge is 0.240 e. The lowest BCUT2D eigenvalue weighted by atomic mass is 10.2. The Bertz CT molecular complexity index is 714. The fourth-order valence-electron chi connectivity index (χ4n) is 1.62. The van der Waals surface area contributed by atoms with Gasteiger partial charge >= 0.3 is 0 Å². The van der Waals surface area contributed by atoms with E-state index in [9.17, 15) is 0 Å². The summed E-state index contributed by atoms with van der Waals surface area (Å²) < 4.78 is 10.8. The predicted molar refractivity (Wildman–Crippen MR) is 81.6 cm³/mol. The molecule has 2 rings (SSSR count). The molecule has 1 aromatic carbocycles. The van der Waals surface area contributed by atoms with Gasteiger partial charge in [0.25, 0.3) is 0 Å². The van der Waals surface area contributed by atoms with Gasteiger partial charge in [-0.1, -0.05) is 23.2 Å². The Morgan fingerprint density at radius 1 is 1.19 bits per heavy atom. The van der Waals surface area contributed by atoms with Gasteiger partial charge in [-0.05, 0) is 18.2 Å². The molecule has 21 heavy (non-hydrogen) atoms. The highest BCUT2D eigenvalue weighted by Crippen LogP contribution is 2.37. The Kier molecular flexibility index (Phi) is 4.73. The lowest BCUT2D eigenvalue weighted by molar-refractivity contribution is 0.374. The van der Waals surface area contributed by atoms with Crippen molar-refractivity contribution < 1.29 is 9.47 Å². The molecule has 7 heteroatoms. The zero-order valence-corrected chi connectivity index (χ0v) is 12.8. The number of aromatic nitrogens is 1. The van der Waals surface area contributed by atoms with Crippen molar-refractivity contribution in [3.05, 3.63) is 39.9 Å². The molecule has 0 saturated carbocycles. The molecule has 0 aliphatic rings. The van der Waals surface area contributed by atoms with E-state index in [1.165, 1.54) is 13.2 Å². The predicted octanol–water partition coefficient (Wildman–Crippen LogP) is 4.10. The Morgan fingerprint density at radius 2 is 1.95 bits per heavy atom.